The maximum absolute atomic E-state index is 13.7. The molecule has 0 unspecified atom stereocenters. The summed E-state index contributed by atoms with van der Waals surface area (Å²) >= 11 is 3.50. The van der Waals surface area contributed by atoms with Crippen molar-refractivity contribution < 1.29 is 0 Å². The summed E-state index contributed by atoms with van der Waals surface area (Å²) in [6.07, 6.45) is 0. The van der Waals surface area contributed by atoms with Crippen LogP contribution in [0, 0.1) is 0 Å². The first-order valence-electron chi connectivity index (χ1n) is 9.42. The maximum Gasteiger partial charge on any atom is 0.271 e. The molecular weight excluding hydrogens is 442 g/mol. The molecule has 0 saturated heterocycles. The Kier molecular flexibility index (Phi) is 4.37. The Morgan fingerprint density at radius 1 is 0.867 bits per heavy atom. The number of fused-ring (bicyclic) bond motifs is 2. The summed E-state index contributed by atoms with van der Waals surface area (Å²) in [7, 11) is 1.83. The molecule has 0 bridgehead atoms. The zero-order chi connectivity index (χ0) is 20.8. The molecule has 2 heterocycles. The van der Waals surface area contributed by atoms with Crippen molar-refractivity contribution >= 4 is 37.9 Å². The van der Waals surface area contributed by atoms with Crippen molar-refractivity contribution in [2.24, 2.45) is 7.05 Å². The Hall–Kier alpha value is -3.51. The fourth-order valence-electron chi connectivity index (χ4n) is 3.80. The lowest BCUT2D eigenvalue weighted by Gasteiger charge is -2.16. The maximum atomic E-state index is 13.7. The summed E-state index contributed by atoms with van der Waals surface area (Å²) in [5.41, 5.74) is 1.84. The minimum atomic E-state index is -0.382. The van der Waals surface area contributed by atoms with Gasteiger partial charge in [0, 0.05) is 22.5 Å². The van der Waals surface area contributed by atoms with E-state index in [2.05, 4.69) is 15.9 Å². The lowest BCUT2D eigenvalue weighted by atomic mass is 10.1. The Morgan fingerprint density at radius 3 is 2.37 bits per heavy atom. The fraction of sp³-hybridized carbons (Fsp3) is 0.0417. The molecule has 3 aromatic carbocycles. The largest absolute Gasteiger partial charge is 0.328 e. The monoisotopic (exact) mass is 457 g/mol. The lowest BCUT2D eigenvalue weighted by Crippen LogP contribution is -2.28. The number of hydrogen-bond acceptors (Lipinski definition) is 3. The van der Waals surface area contributed by atoms with Gasteiger partial charge in [0.1, 0.15) is 11.2 Å². The predicted octanol–water partition coefficient (Wildman–Crippen LogP) is 4.67. The van der Waals surface area contributed by atoms with E-state index in [-0.39, 0.29) is 16.4 Å². The summed E-state index contributed by atoms with van der Waals surface area (Å²) in [5.74, 6) is 0.477. The summed E-state index contributed by atoms with van der Waals surface area (Å²) in [4.78, 5) is 31.8. The third-order valence-corrected chi connectivity index (χ3v) is 5.71. The van der Waals surface area contributed by atoms with Crippen LogP contribution in [0.25, 0.3) is 39.0 Å². The van der Waals surface area contributed by atoms with E-state index in [0.717, 1.165) is 15.6 Å². The Morgan fingerprint density at radius 2 is 1.60 bits per heavy atom. The number of nitrogens with zero attached hydrogens (tertiary/aromatic N) is 3. The predicted molar refractivity (Wildman–Crippen MR) is 123 cm³/mol. The van der Waals surface area contributed by atoms with Crippen molar-refractivity contribution in [2.75, 3.05) is 0 Å². The lowest BCUT2D eigenvalue weighted by molar-refractivity contribution is 0.924. The van der Waals surface area contributed by atoms with Crippen LogP contribution in [0.3, 0.4) is 0 Å². The topological polar surface area (TPSA) is 56.9 Å². The van der Waals surface area contributed by atoms with Crippen molar-refractivity contribution in [3.8, 4) is 17.1 Å². The van der Waals surface area contributed by atoms with Crippen LogP contribution in [0.1, 0.15) is 0 Å². The number of hydrogen-bond donors (Lipinski definition) is 0. The van der Waals surface area contributed by atoms with E-state index in [9.17, 15) is 9.59 Å². The molecule has 0 fully saturated rings. The van der Waals surface area contributed by atoms with Gasteiger partial charge in [0.05, 0.1) is 11.2 Å². The second kappa shape index (κ2) is 7.07. The normalized spacial score (nSPS) is 11.3. The molecule has 0 aliphatic heterocycles. The van der Waals surface area contributed by atoms with E-state index in [1.807, 2.05) is 78.3 Å². The smallest absolute Gasteiger partial charge is 0.271 e. The first-order chi connectivity index (χ1) is 14.6. The van der Waals surface area contributed by atoms with Crippen molar-refractivity contribution in [3.63, 3.8) is 0 Å². The van der Waals surface area contributed by atoms with E-state index >= 15 is 0 Å². The molecule has 146 valence electrons. The summed E-state index contributed by atoms with van der Waals surface area (Å²) in [6.45, 7) is 0. The van der Waals surface area contributed by atoms with Crippen LogP contribution in [-0.4, -0.2) is 14.1 Å². The molecule has 6 heteroatoms. The van der Waals surface area contributed by atoms with Crippen LogP contribution in [-0.2, 0) is 7.05 Å². The number of benzene rings is 3. The zero-order valence-electron chi connectivity index (χ0n) is 16.0. The molecule has 0 N–H and O–H groups in total. The molecule has 0 spiro atoms. The van der Waals surface area contributed by atoms with Gasteiger partial charge in [-0.3, -0.25) is 14.2 Å². The molecule has 0 radical (unpaired) electrons. The van der Waals surface area contributed by atoms with E-state index in [1.54, 1.807) is 12.1 Å². The molecule has 0 amide bonds. The van der Waals surface area contributed by atoms with Crippen molar-refractivity contribution in [3.05, 3.63) is 104 Å². The van der Waals surface area contributed by atoms with Crippen LogP contribution in [0.2, 0.25) is 0 Å². The Labute approximate surface area is 180 Å². The van der Waals surface area contributed by atoms with Gasteiger partial charge in [0.25, 0.3) is 5.56 Å². The van der Waals surface area contributed by atoms with Gasteiger partial charge in [-0.15, -0.1) is 0 Å². The summed E-state index contributed by atoms with van der Waals surface area (Å²) in [6, 6.07) is 24.2. The van der Waals surface area contributed by atoms with E-state index in [0.29, 0.717) is 22.5 Å². The van der Waals surface area contributed by atoms with Gasteiger partial charge in [-0.05, 0) is 36.4 Å². The number of aryl methyl sites for hydroxylation is 1. The fourth-order valence-corrected chi connectivity index (χ4v) is 4.20. The highest BCUT2D eigenvalue weighted by atomic mass is 79.9. The Bertz CT molecular complexity index is 1550. The number of aromatic nitrogens is 3. The highest BCUT2D eigenvalue weighted by Gasteiger charge is 2.20. The first kappa shape index (κ1) is 18.5. The highest BCUT2D eigenvalue weighted by molar-refractivity contribution is 9.10. The quantitative estimate of drug-likeness (QED) is 0.362. The molecule has 5 aromatic rings. The average molecular weight is 458 g/mol. The Balaban J connectivity index is 2.03. The third kappa shape index (κ3) is 2.80. The van der Waals surface area contributed by atoms with Crippen molar-refractivity contribution in [1.82, 2.24) is 14.1 Å². The standard InChI is InChI=1S/C24H16BrN3O2/c1-27-19-13-6-5-12-18(19)21(29)20-23(27)26-22(15-8-7-9-16(25)14-15)28(24(20)30)17-10-3-2-4-11-17/h2-14H,1H3. The summed E-state index contributed by atoms with van der Waals surface area (Å²) in [5, 5.41) is 0.583. The van der Waals surface area contributed by atoms with Gasteiger partial charge in [0.15, 0.2) is 5.65 Å². The SMILES string of the molecule is Cn1c2ccccc2c(=O)c2c(=O)n(-c3ccccc3)c(-c3cccc(Br)c3)nc21. The second-order valence-corrected chi connectivity index (χ2v) is 7.94. The molecule has 30 heavy (non-hydrogen) atoms. The molecular formula is C24H16BrN3O2. The molecule has 5 rings (SSSR count). The van der Waals surface area contributed by atoms with Crippen molar-refractivity contribution in [1.29, 1.82) is 0 Å². The molecule has 0 aliphatic rings. The van der Waals surface area contributed by atoms with Crippen LogP contribution < -0.4 is 11.0 Å². The van der Waals surface area contributed by atoms with Crippen LogP contribution in [0.5, 0.6) is 0 Å². The average Bonchev–Trinajstić information content (AvgIpc) is 2.77. The summed E-state index contributed by atoms with van der Waals surface area (Å²) < 4.78 is 4.20. The van der Waals surface area contributed by atoms with Gasteiger partial charge in [0.2, 0.25) is 5.43 Å². The molecule has 0 atom stereocenters. The van der Waals surface area contributed by atoms with E-state index in [1.165, 1.54) is 4.57 Å². The minimum Gasteiger partial charge on any atom is -0.328 e. The number of pyridine rings is 1. The molecule has 2 aromatic heterocycles. The van der Waals surface area contributed by atoms with Gasteiger partial charge < -0.3 is 4.57 Å². The number of rotatable bonds is 2. The first-order valence-corrected chi connectivity index (χ1v) is 10.2. The van der Waals surface area contributed by atoms with E-state index < -0.39 is 0 Å². The molecule has 0 aliphatic carbocycles. The zero-order valence-corrected chi connectivity index (χ0v) is 17.6. The van der Waals surface area contributed by atoms with Gasteiger partial charge in [-0.1, -0.05) is 58.4 Å². The third-order valence-electron chi connectivity index (χ3n) is 5.22. The second-order valence-electron chi connectivity index (χ2n) is 7.03. The molecule has 5 nitrogen and oxygen atoms in total. The number of halogens is 1. The van der Waals surface area contributed by atoms with Crippen LogP contribution >= 0.6 is 15.9 Å². The highest BCUT2D eigenvalue weighted by Crippen LogP contribution is 2.25. The molecule has 0 saturated carbocycles. The van der Waals surface area contributed by atoms with Gasteiger partial charge in [-0.25, -0.2) is 4.98 Å². The minimum absolute atomic E-state index is 0.0822. The van der Waals surface area contributed by atoms with Crippen LogP contribution in [0.15, 0.2) is 92.9 Å². The van der Waals surface area contributed by atoms with Gasteiger partial charge >= 0.3 is 0 Å². The van der Waals surface area contributed by atoms with E-state index in [4.69, 9.17) is 4.98 Å². The van der Waals surface area contributed by atoms with Crippen LogP contribution in [0.4, 0.5) is 0 Å². The number of para-hydroxylation sites is 2. The van der Waals surface area contributed by atoms with Crippen molar-refractivity contribution in [2.45, 2.75) is 0 Å². The van der Waals surface area contributed by atoms with Gasteiger partial charge in [-0.2, -0.15) is 0 Å².